The molecule has 7 nitrogen and oxygen atoms in total. The van der Waals surface area contributed by atoms with E-state index in [1.807, 2.05) is 0 Å². The first-order chi connectivity index (χ1) is 13.0. The lowest BCUT2D eigenvalue weighted by molar-refractivity contribution is 0.104. The van der Waals surface area contributed by atoms with Crippen molar-refractivity contribution < 1.29 is 33.6 Å². The van der Waals surface area contributed by atoms with E-state index in [4.69, 9.17) is 23.7 Å². The molecular formula is C20H22O7. The number of phenolic OH excluding ortho intramolecular Hbond substituents is 1. The molecule has 27 heavy (non-hydrogen) atoms. The lowest BCUT2D eigenvalue weighted by atomic mass is 10.0. The zero-order chi connectivity index (χ0) is 20.0. The van der Waals surface area contributed by atoms with E-state index in [0.717, 1.165) is 5.56 Å². The Balaban J connectivity index is 2.42. The Hall–Kier alpha value is -3.35. The SMILES string of the molecule is COc1ccc(/C=C/C(=O)c2c(OC)cc(OC)c(OC)c2O)cc1OC. The number of carbonyl (C=O) groups is 1. The predicted octanol–water partition coefficient (Wildman–Crippen LogP) is 3.33. The molecule has 0 fully saturated rings. The molecule has 0 bridgehead atoms. The summed E-state index contributed by atoms with van der Waals surface area (Å²) in [5.74, 6) is 0.801. The molecule has 0 saturated heterocycles. The van der Waals surface area contributed by atoms with E-state index >= 15 is 0 Å². The molecule has 144 valence electrons. The van der Waals surface area contributed by atoms with Gasteiger partial charge in [-0.3, -0.25) is 4.79 Å². The van der Waals surface area contributed by atoms with Gasteiger partial charge in [-0.2, -0.15) is 0 Å². The number of ether oxygens (including phenoxy) is 5. The van der Waals surface area contributed by atoms with Gasteiger partial charge in [0.2, 0.25) is 5.75 Å². The van der Waals surface area contributed by atoms with Gasteiger partial charge in [0, 0.05) is 6.07 Å². The number of methoxy groups -OCH3 is 5. The van der Waals surface area contributed by atoms with E-state index in [9.17, 15) is 9.90 Å². The van der Waals surface area contributed by atoms with E-state index < -0.39 is 5.78 Å². The van der Waals surface area contributed by atoms with Crippen molar-refractivity contribution in [1.29, 1.82) is 0 Å². The number of aromatic hydroxyl groups is 1. The molecule has 0 unspecified atom stereocenters. The maximum atomic E-state index is 12.7. The Morgan fingerprint density at radius 1 is 0.815 bits per heavy atom. The Labute approximate surface area is 157 Å². The summed E-state index contributed by atoms with van der Waals surface area (Å²) in [7, 11) is 7.27. The summed E-state index contributed by atoms with van der Waals surface area (Å²) in [6, 6.07) is 6.72. The first-order valence-corrected chi connectivity index (χ1v) is 7.97. The third-order valence-corrected chi connectivity index (χ3v) is 3.91. The standard InChI is InChI=1S/C20H22O7/c1-23-14-9-7-12(10-15(14)24-2)6-8-13(21)18-16(25-3)11-17(26-4)20(27-5)19(18)22/h6-11,22H,1-5H3/b8-6+. The maximum absolute atomic E-state index is 12.7. The van der Waals surface area contributed by atoms with Crippen molar-refractivity contribution >= 4 is 11.9 Å². The molecule has 0 aromatic heterocycles. The number of carbonyl (C=O) groups excluding carboxylic acids is 1. The summed E-state index contributed by atoms with van der Waals surface area (Å²) in [6.45, 7) is 0. The van der Waals surface area contributed by atoms with E-state index in [0.29, 0.717) is 11.5 Å². The number of ketones is 1. The third kappa shape index (κ3) is 4.08. The van der Waals surface area contributed by atoms with Gasteiger partial charge in [0.25, 0.3) is 0 Å². The van der Waals surface area contributed by atoms with Crippen LogP contribution in [0, 0.1) is 0 Å². The van der Waals surface area contributed by atoms with Crippen LogP contribution >= 0.6 is 0 Å². The third-order valence-electron chi connectivity index (χ3n) is 3.91. The highest BCUT2D eigenvalue weighted by atomic mass is 16.5. The minimum absolute atomic E-state index is 0.0214. The largest absolute Gasteiger partial charge is 0.504 e. The van der Waals surface area contributed by atoms with Crippen molar-refractivity contribution in [3.63, 3.8) is 0 Å². The Kier molecular flexibility index (Phi) is 6.54. The average molecular weight is 374 g/mol. The number of phenols is 1. The van der Waals surface area contributed by atoms with Crippen LogP contribution in [0.15, 0.2) is 30.3 Å². The van der Waals surface area contributed by atoms with Crippen LogP contribution in [0.5, 0.6) is 34.5 Å². The van der Waals surface area contributed by atoms with Crippen LogP contribution in [-0.4, -0.2) is 46.4 Å². The van der Waals surface area contributed by atoms with Gasteiger partial charge in [0.05, 0.1) is 35.5 Å². The highest BCUT2D eigenvalue weighted by Gasteiger charge is 2.23. The summed E-state index contributed by atoms with van der Waals surface area (Å²) in [6.07, 6.45) is 2.92. The minimum atomic E-state index is -0.458. The zero-order valence-corrected chi connectivity index (χ0v) is 15.9. The smallest absolute Gasteiger partial charge is 0.204 e. The molecule has 0 spiro atoms. The summed E-state index contributed by atoms with van der Waals surface area (Å²) in [5, 5.41) is 10.5. The average Bonchev–Trinajstić information content (AvgIpc) is 2.70. The van der Waals surface area contributed by atoms with E-state index in [1.54, 1.807) is 31.4 Å². The lowest BCUT2D eigenvalue weighted by Crippen LogP contribution is -2.03. The molecule has 0 radical (unpaired) electrons. The van der Waals surface area contributed by atoms with E-state index in [-0.39, 0.29) is 28.6 Å². The number of benzene rings is 2. The fraction of sp³-hybridized carbons (Fsp3) is 0.250. The molecule has 0 atom stereocenters. The van der Waals surface area contributed by atoms with Crippen molar-refractivity contribution in [1.82, 2.24) is 0 Å². The van der Waals surface area contributed by atoms with E-state index in [1.165, 1.54) is 40.6 Å². The topological polar surface area (TPSA) is 83.5 Å². The van der Waals surface area contributed by atoms with Crippen LogP contribution in [0.3, 0.4) is 0 Å². The first kappa shape index (κ1) is 20.0. The van der Waals surface area contributed by atoms with Crippen LogP contribution in [0.25, 0.3) is 6.08 Å². The second kappa shape index (κ2) is 8.84. The molecule has 2 rings (SSSR count). The molecule has 2 aromatic rings. The molecule has 0 heterocycles. The highest BCUT2D eigenvalue weighted by Crippen LogP contribution is 2.44. The summed E-state index contributed by atoms with van der Waals surface area (Å²) in [4.78, 5) is 12.7. The fourth-order valence-electron chi connectivity index (χ4n) is 2.56. The second-order valence-corrected chi connectivity index (χ2v) is 5.35. The molecule has 0 aliphatic rings. The van der Waals surface area contributed by atoms with Gasteiger partial charge in [-0.25, -0.2) is 0 Å². The molecule has 7 heteroatoms. The minimum Gasteiger partial charge on any atom is -0.504 e. The predicted molar refractivity (Wildman–Crippen MR) is 101 cm³/mol. The van der Waals surface area contributed by atoms with Crippen molar-refractivity contribution in [3.05, 3.63) is 41.5 Å². The van der Waals surface area contributed by atoms with Gasteiger partial charge >= 0.3 is 0 Å². The molecule has 0 aliphatic heterocycles. The summed E-state index contributed by atoms with van der Waals surface area (Å²) >= 11 is 0. The van der Waals surface area contributed by atoms with Crippen LogP contribution in [0.1, 0.15) is 15.9 Å². The molecule has 1 N–H and O–H groups in total. The van der Waals surface area contributed by atoms with Gasteiger partial charge in [-0.1, -0.05) is 12.1 Å². The van der Waals surface area contributed by atoms with Crippen LogP contribution in [-0.2, 0) is 0 Å². The number of rotatable bonds is 8. The van der Waals surface area contributed by atoms with Crippen molar-refractivity contribution in [2.45, 2.75) is 0 Å². The van der Waals surface area contributed by atoms with Crippen LogP contribution in [0.4, 0.5) is 0 Å². The summed E-state index contributed by atoms with van der Waals surface area (Å²) in [5.41, 5.74) is 0.701. The quantitative estimate of drug-likeness (QED) is 0.560. The number of allylic oxidation sites excluding steroid dienone is 1. The Morgan fingerprint density at radius 2 is 1.44 bits per heavy atom. The Bertz CT molecular complexity index is 856. The van der Waals surface area contributed by atoms with Crippen LogP contribution in [0.2, 0.25) is 0 Å². The molecule has 0 saturated carbocycles. The molecule has 2 aromatic carbocycles. The van der Waals surface area contributed by atoms with Crippen molar-refractivity contribution in [2.75, 3.05) is 35.5 Å². The first-order valence-electron chi connectivity index (χ1n) is 7.97. The van der Waals surface area contributed by atoms with Gasteiger partial charge in [0.1, 0.15) is 11.3 Å². The monoisotopic (exact) mass is 374 g/mol. The highest BCUT2D eigenvalue weighted by molar-refractivity contribution is 6.11. The van der Waals surface area contributed by atoms with E-state index in [2.05, 4.69) is 0 Å². The zero-order valence-electron chi connectivity index (χ0n) is 15.9. The Morgan fingerprint density at radius 3 is 2.00 bits per heavy atom. The number of hydrogen-bond donors (Lipinski definition) is 1. The number of hydrogen-bond acceptors (Lipinski definition) is 7. The normalized spacial score (nSPS) is 10.6. The maximum Gasteiger partial charge on any atom is 0.204 e. The lowest BCUT2D eigenvalue weighted by Gasteiger charge is -2.15. The second-order valence-electron chi connectivity index (χ2n) is 5.35. The molecule has 0 aliphatic carbocycles. The molecule has 0 amide bonds. The molecular weight excluding hydrogens is 352 g/mol. The van der Waals surface area contributed by atoms with Gasteiger partial charge in [0.15, 0.2) is 28.8 Å². The van der Waals surface area contributed by atoms with Crippen molar-refractivity contribution in [3.8, 4) is 34.5 Å². The van der Waals surface area contributed by atoms with Gasteiger partial charge in [-0.15, -0.1) is 0 Å². The van der Waals surface area contributed by atoms with Gasteiger partial charge in [-0.05, 0) is 23.8 Å². The van der Waals surface area contributed by atoms with Gasteiger partial charge < -0.3 is 28.8 Å². The summed E-state index contributed by atoms with van der Waals surface area (Å²) < 4.78 is 25.9. The van der Waals surface area contributed by atoms with Crippen LogP contribution < -0.4 is 23.7 Å². The van der Waals surface area contributed by atoms with Crippen molar-refractivity contribution in [2.24, 2.45) is 0 Å². The fourth-order valence-corrected chi connectivity index (χ4v) is 2.56.